The lowest BCUT2D eigenvalue weighted by Gasteiger charge is -2.39. The van der Waals surface area contributed by atoms with Gasteiger partial charge in [-0.3, -0.25) is 9.48 Å². The molecule has 1 aliphatic carbocycles. The smallest absolute Gasteiger partial charge is 0.260 e. The number of piperidine rings is 1. The number of hydrogen-bond donors (Lipinski definition) is 0. The molecule has 2 saturated heterocycles. The van der Waals surface area contributed by atoms with E-state index in [1.165, 1.54) is 23.3 Å². The molecular weight excluding hydrogens is 352 g/mol. The first-order valence-electron chi connectivity index (χ1n) is 9.78. The number of likely N-dealkylation sites (tertiary alicyclic amines) is 1. The molecule has 2 aliphatic heterocycles. The summed E-state index contributed by atoms with van der Waals surface area (Å²) in [5, 5.41) is 4.39. The Labute approximate surface area is 155 Å². The average molecular weight is 381 g/mol. The third-order valence-corrected chi connectivity index (χ3v) is 7.90. The van der Waals surface area contributed by atoms with Gasteiger partial charge in [-0.25, -0.2) is 8.42 Å². The van der Waals surface area contributed by atoms with Crippen LogP contribution in [0.2, 0.25) is 0 Å². The Bertz CT molecular complexity index is 786. The zero-order valence-electron chi connectivity index (χ0n) is 15.4. The van der Waals surface area contributed by atoms with Gasteiger partial charge in [-0.2, -0.15) is 9.40 Å². The molecule has 1 saturated carbocycles. The first-order chi connectivity index (χ1) is 12.5. The molecule has 26 heavy (non-hydrogen) atoms. The fourth-order valence-electron chi connectivity index (χ4n) is 4.41. The fourth-order valence-corrected chi connectivity index (χ4v) is 6.06. The second kappa shape index (κ2) is 6.64. The van der Waals surface area contributed by atoms with E-state index in [2.05, 4.69) is 5.10 Å². The zero-order chi connectivity index (χ0) is 18.4. The van der Waals surface area contributed by atoms with Crippen LogP contribution in [0, 0.1) is 11.3 Å². The van der Waals surface area contributed by atoms with Crippen LogP contribution in [-0.4, -0.2) is 59.5 Å². The summed E-state index contributed by atoms with van der Waals surface area (Å²) in [6, 6.07) is 1.57. The van der Waals surface area contributed by atoms with Crippen molar-refractivity contribution in [1.29, 1.82) is 0 Å². The van der Waals surface area contributed by atoms with Crippen LogP contribution in [-0.2, 0) is 21.4 Å². The van der Waals surface area contributed by atoms with E-state index in [1.807, 2.05) is 11.8 Å². The van der Waals surface area contributed by atoms with E-state index in [0.717, 1.165) is 32.4 Å². The molecule has 3 aliphatic rings. The number of carbonyl (C=O) groups is 1. The second-order valence-electron chi connectivity index (χ2n) is 8.06. The maximum absolute atomic E-state index is 13.1. The van der Waals surface area contributed by atoms with Gasteiger partial charge in [-0.05, 0) is 50.5 Å². The van der Waals surface area contributed by atoms with Crippen molar-refractivity contribution in [3.05, 3.63) is 12.3 Å². The van der Waals surface area contributed by atoms with Crippen molar-refractivity contribution in [3.63, 3.8) is 0 Å². The Kier molecular flexibility index (Phi) is 4.59. The molecule has 144 valence electrons. The Hall–Kier alpha value is -1.41. The van der Waals surface area contributed by atoms with Crippen LogP contribution >= 0.6 is 0 Å². The maximum Gasteiger partial charge on any atom is 0.260 e. The van der Waals surface area contributed by atoms with Crippen LogP contribution in [0.5, 0.6) is 0 Å². The standard InChI is InChI=1S/C18H28N4O3S/c1-2-10-22-16(6-9-19-22)26(24,25)21-12-8-18(14-21)7-3-11-20(17(18)23)13-15-4-5-15/h6,9,15H,2-5,7-8,10-14H2,1H3. The molecule has 4 rings (SSSR count). The summed E-state index contributed by atoms with van der Waals surface area (Å²) in [4.78, 5) is 15.1. The number of carbonyl (C=O) groups excluding carboxylic acids is 1. The van der Waals surface area contributed by atoms with Crippen molar-refractivity contribution in [2.75, 3.05) is 26.2 Å². The van der Waals surface area contributed by atoms with Crippen LogP contribution in [0.15, 0.2) is 17.3 Å². The zero-order valence-corrected chi connectivity index (χ0v) is 16.2. The van der Waals surface area contributed by atoms with Crippen LogP contribution in [0.1, 0.15) is 45.4 Å². The Morgan fingerprint density at radius 2 is 2.08 bits per heavy atom. The molecular formula is C18H28N4O3S. The van der Waals surface area contributed by atoms with Gasteiger partial charge in [0.1, 0.15) is 0 Å². The Balaban J connectivity index is 1.53. The summed E-state index contributed by atoms with van der Waals surface area (Å²) in [5.41, 5.74) is -0.518. The lowest BCUT2D eigenvalue weighted by molar-refractivity contribution is -0.145. The molecule has 7 nitrogen and oxygen atoms in total. The van der Waals surface area contributed by atoms with Gasteiger partial charge in [0.15, 0.2) is 5.03 Å². The van der Waals surface area contributed by atoms with Crippen molar-refractivity contribution in [2.24, 2.45) is 11.3 Å². The highest BCUT2D eigenvalue weighted by atomic mass is 32.2. The van der Waals surface area contributed by atoms with Gasteiger partial charge in [-0.15, -0.1) is 0 Å². The van der Waals surface area contributed by atoms with Crippen LogP contribution < -0.4 is 0 Å². The lowest BCUT2D eigenvalue weighted by Crippen LogP contribution is -2.51. The van der Waals surface area contributed by atoms with Crippen molar-refractivity contribution in [2.45, 2.75) is 57.0 Å². The Morgan fingerprint density at radius 3 is 2.81 bits per heavy atom. The number of hydrogen-bond acceptors (Lipinski definition) is 4. The molecule has 0 radical (unpaired) electrons. The SMILES string of the molecule is CCCn1nccc1S(=O)(=O)N1CCC2(CCCN(CC3CC3)C2=O)C1. The van der Waals surface area contributed by atoms with Gasteiger partial charge >= 0.3 is 0 Å². The van der Waals surface area contributed by atoms with E-state index in [0.29, 0.717) is 32.0 Å². The molecule has 1 aromatic heterocycles. The van der Waals surface area contributed by atoms with Gasteiger partial charge in [-0.1, -0.05) is 6.92 Å². The van der Waals surface area contributed by atoms with E-state index >= 15 is 0 Å². The van der Waals surface area contributed by atoms with Gasteiger partial charge in [0.2, 0.25) is 5.91 Å². The number of amides is 1. The molecule has 8 heteroatoms. The molecule has 1 aromatic rings. The molecule has 0 aromatic carbocycles. The van der Waals surface area contributed by atoms with Gasteiger partial charge in [0.05, 0.1) is 11.6 Å². The molecule has 1 unspecified atom stereocenters. The lowest BCUT2D eigenvalue weighted by atomic mass is 9.78. The van der Waals surface area contributed by atoms with Crippen LogP contribution in [0.3, 0.4) is 0 Å². The molecule has 3 fully saturated rings. The molecule has 0 bridgehead atoms. The van der Waals surface area contributed by atoms with E-state index in [9.17, 15) is 13.2 Å². The highest BCUT2D eigenvalue weighted by molar-refractivity contribution is 7.89. The fraction of sp³-hybridized carbons (Fsp3) is 0.778. The monoisotopic (exact) mass is 380 g/mol. The summed E-state index contributed by atoms with van der Waals surface area (Å²) in [7, 11) is -3.61. The van der Waals surface area contributed by atoms with E-state index < -0.39 is 15.4 Å². The molecule has 3 heterocycles. The number of aromatic nitrogens is 2. The van der Waals surface area contributed by atoms with E-state index in [1.54, 1.807) is 10.7 Å². The van der Waals surface area contributed by atoms with Crippen molar-refractivity contribution >= 4 is 15.9 Å². The number of rotatable bonds is 6. The van der Waals surface area contributed by atoms with Crippen molar-refractivity contribution in [3.8, 4) is 0 Å². The third kappa shape index (κ3) is 3.07. The topological polar surface area (TPSA) is 75.5 Å². The minimum absolute atomic E-state index is 0.176. The minimum Gasteiger partial charge on any atom is -0.342 e. The van der Waals surface area contributed by atoms with Crippen LogP contribution in [0.25, 0.3) is 0 Å². The largest absolute Gasteiger partial charge is 0.342 e. The first-order valence-corrected chi connectivity index (χ1v) is 11.2. The minimum atomic E-state index is -3.61. The highest BCUT2D eigenvalue weighted by Gasteiger charge is 2.51. The van der Waals surface area contributed by atoms with E-state index in [-0.39, 0.29) is 10.9 Å². The Morgan fingerprint density at radius 1 is 1.27 bits per heavy atom. The normalized spacial score (nSPS) is 27.6. The summed E-state index contributed by atoms with van der Waals surface area (Å²) in [5.74, 6) is 0.842. The summed E-state index contributed by atoms with van der Waals surface area (Å²) in [6.07, 6.45) is 7.21. The molecule has 1 spiro atoms. The van der Waals surface area contributed by atoms with Gasteiger partial charge in [0.25, 0.3) is 10.0 Å². The second-order valence-corrected chi connectivity index (χ2v) is 9.94. The van der Waals surface area contributed by atoms with Crippen LogP contribution in [0.4, 0.5) is 0 Å². The summed E-state index contributed by atoms with van der Waals surface area (Å²) in [6.45, 7) is 4.99. The number of nitrogens with zero attached hydrogens (tertiary/aromatic N) is 4. The van der Waals surface area contributed by atoms with Gasteiger partial charge in [0, 0.05) is 32.7 Å². The average Bonchev–Trinajstić information content (AvgIpc) is 3.12. The van der Waals surface area contributed by atoms with E-state index in [4.69, 9.17) is 0 Å². The van der Waals surface area contributed by atoms with Crippen molar-refractivity contribution < 1.29 is 13.2 Å². The predicted octanol–water partition coefficient (Wildman–Crippen LogP) is 1.71. The molecule has 1 atom stereocenters. The quantitative estimate of drug-likeness (QED) is 0.753. The number of sulfonamides is 1. The predicted molar refractivity (Wildman–Crippen MR) is 96.9 cm³/mol. The maximum atomic E-state index is 13.1. The molecule has 0 N–H and O–H groups in total. The van der Waals surface area contributed by atoms with Crippen molar-refractivity contribution in [1.82, 2.24) is 19.0 Å². The summed E-state index contributed by atoms with van der Waals surface area (Å²) >= 11 is 0. The third-order valence-electron chi connectivity index (χ3n) is 6.04. The number of aryl methyl sites for hydroxylation is 1. The molecule has 1 amide bonds. The first kappa shape index (κ1) is 18.0. The van der Waals surface area contributed by atoms with Gasteiger partial charge < -0.3 is 4.90 Å². The summed E-state index contributed by atoms with van der Waals surface area (Å²) < 4.78 is 29.3. The highest BCUT2D eigenvalue weighted by Crippen LogP contribution is 2.43.